The number of ether oxygens (including phenoxy) is 1. The molecule has 6 heteroatoms. The van der Waals surface area contributed by atoms with E-state index in [1.54, 1.807) is 4.68 Å². The Morgan fingerprint density at radius 3 is 2.46 bits per heavy atom. The number of nitrogens with one attached hydrogen (secondary N) is 1. The van der Waals surface area contributed by atoms with Crippen molar-refractivity contribution in [2.45, 2.75) is 59.0 Å². The number of alkyl carbamates (subject to hydrolysis) is 1. The van der Waals surface area contributed by atoms with Gasteiger partial charge >= 0.3 is 6.09 Å². The van der Waals surface area contributed by atoms with Gasteiger partial charge in [0.15, 0.2) is 0 Å². The zero-order valence-corrected chi connectivity index (χ0v) is 16.6. The molecule has 1 heterocycles. The fraction of sp³-hybridized carbons (Fsp3) is 0.500. The van der Waals surface area contributed by atoms with Crippen molar-refractivity contribution in [3.05, 3.63) is 41.6 Å². The van der Waals surface area contributed by atoms with Gasteiger partial charge in [0.2, 0.25) is 0 Å². The van der Waals surface area contributed by atoms with E-state index < -0.39 is 11.7 Å². The molecule has 0 atom stereocenters. The molecule has 3 N–H and O–H groups in total. The van der Waals surface area contributed by atoms with E-state index in [1.807, 2.05) is 51.1 Å². The van der Waals surface area contributed by atoms with Gasteiger partial charge in [0, 0.05) is 18.0 Å². The number of hydrogen-bond donors (Lipinski definition) is 2. The molecule has 1 aromatic carbocycles. The van der Waals surface area contributed by atoms with Crippen molar-refractivity contribution in [2.75, 3.05) is 12.3 Å². The SMILES string of the molecule is CC(C)(C)OC(=O)NCCc1cccc(-n2nc(C(C)(C)C)cc2N)c1. The quantitative estimate of drug-likeness (QED) is 0.870. The summed E-state index contributed by atoms with van der Waals surface area (Å²) in [7, 11) is 0. The average molecular weight is 358 g/mol. The van der Waals surface area contributed by atoms with Crippen molar-refractivity contribution < 1.29 is 9.53 Å². The zero-order valence-electron chi connectivity index (χ0n) is 16.6. The Labute approximate surface area is 155 Å². The van der Waals surface area contributed by atoms with Gasteiger partial charge in [0.25, 0.3) is 0 Å². The Kier molecular flexibility index (Phi) is 5.64. The van der Waals surface area contributed by atoms with Crippen molar-refractivity contribution in [1.29, 1.82) is 0 Å². The first-order chi connectivity index (χ1) is 12.0. The number of carbonyl (C=O) groups excluding carboxylic acids is 1. The molecule has 1 amide bonds. The minimum Gasteiger partial charge on any atom is -0.444 e. The van der Waals surface area contributed by atoms with Crippen LogP contribution in [0.5, 0.6) is 0 Å². The van der Waals surface area contributed by atoms with E-state index in [0.29, 0.717) is 18.8 Å². The van der Waals surface area contributed by atoms with E-state index in [0.717, 1.165) is 16.9 Å². The lowest BCUT2D eigenvalue weighted by molar-refractivity contribution is 0.0528. The molecule has 1 aromatic heterocycles. The summed E-state index contributed by atoms with van der Waals surface area (Å²) in [5.41, 5.74) is 8.54. The molecule has 0 aliphatic carbocycles. The molecule has 2 rings (SSSR count). The maximum Gasteiger partial charge on any atom is 0.407 e. The van der Waals surface area contributed by atoms with Crippen LogP contribution >= 0.6 is 0 Å². The fourth-order valence-corrected chi connectivity index (χ4v) is 2.44. The number of benzene rings is 1. The van der Waals surface area contributed by atoms with E-state index >= 15 is 0 Å². The first kappa shape index (κ1) is 19.8. The summed E-state index contributed by atoms with van der Waals surface area (Å²) in [6, 6.07) is 9.91. The van der Waals surface area contributed by atoms with E-state index in [4.69, 9.17) is 10.5 Å². The van der Waals surface area contributed by atoms with Gasteiger partial charge in [-0.05, 0) is 44.9 Å². The molecule has 2 aromatic rings. The second kappa shape index (κ2) is 7.40. The maximum atomic E-state index is 11.7. The smallest absolute Gasteiger partial charge is 0.407 e. The minimum atomic E-state index is -0.494. The lowest BCUT2D eigenvalue weighted by Crippen LogP contribution is -2.33. The lowest BCUT2D eigenvalue weighted by atomic mass is 9.92. The molecule has 0 radical (unpaired) electrons. The molecule has 0 aliphatic rings. The number of anilines is 1. The summed E-state index contributed by atoms with van der Waals surface area (Å²) in [6.45, 7) is 12.4. The Morgan fingerprint density at radius 1 is 1.19 bits per heavy atom. The number of amides is 1. The topological polar surface area (TPSA) is 82.2 Å². The molecule has 0 bridgehead atoms. The average Bonchev–Trinajstić information content (AvgIpc) is 2.88. The predicted octanol–water partition coefficient (Wildman–Crippen LogP) is 3.82. The van der Waals surface area contributed by atoms with Gasteiger partial charge in [-0.1, -0.05) is 32.9 Å². The molecular weight excluding hydrogens is 328 g/mol. The molecule has 6 nitrogen and oxygen atoms in total. The number of hydrogen-bond acceptors (Lipinski definition) is 4. The van der Waals surface area contributed by atoms with Crippen molar-refractivity contribution in [3.63, 3.8) is 0 Å². The summed E-state index contributed by atoms with van der Waals surface area (Å²) >= 11 is 0. The molecule has 0 spiro atoms. The highest BCUT2D eigenvalue weighted by molar-refractivity contribution is 5.67. The Bertz CT molecular complexity index is 767. The Balaban J connectivity index is 2.05. The lowest BCUT2D eigenvalue weighted by Gasteiger charge is -2.19. The van der Waals surface area contributed by atoms with E-state index in [-0.39, 0.29) is 5.41 Å². The number of carbonyl (C=O) groups is 1. The molecule has 0 fully saturated rings. The van der Waals surface area contributed by atoms with E-state index in [1.165, 1.54) is 0 Å². The van der Waals surface area contributed by atoms with E-state index in [9.17, 15) is 4.79 Å². The van der Waals surface area contributed by atoms with Crippen LogP contribution in [0.15, 0.2) is 30.3 Å². The van der Waals surface area contributed by atoms with Crippen LogP contribution in [0.3, 0.4) is 0 Å². The number of nitrogens with two attached hydrogens (primary N) is 1. The maximum absolute atomic E-state index is 11.7. The summed E-state index contributed by atoms with van der Waals surface area (Å²) < 4.78 is 6.99. The van der Waals surface area contributed by atoms with Gasteiger partial charge in [-0.3, -0.25) is 0 Å². The number of aromatic nitrogens is 2. The standard InChI is InChI=1S/C20H30N4O2/c1-19(2,3)16-13-17(21)24(23-16)15-9-7-8-14(12-15)10-11-22-18(25)26-20(4,5)6/h7-9,12-13H,10-11,21H2,1-6H3,(H,22,25). The van der Waals surface area contributed by atoms with Gasteiger partial charge < -0.3 is 15.8 Å². The summed E-state index contributed by atoms with van der Waals surface area (Å²) in [5, 5.41) is 7.42. The van der Waals surface area contributed by atoms with E-state index in [2.05, 4.69) is 31.2 Å². The van der Waals surface area contributed by atoms with Gasteiger partial charge in [-0.15, -0.1) is 0 Å². The molecular formula is C20H30N4O2. The van der Waals surface area contributed by atoms with Crippen LogP contribution in [0.25, 0.3) is 5.69 Å². The van der Waals surface area contributed by atoms with Crippen molar-refractivity contribution in [2.24, 2.45) is 0 Å². The third-order valence-electron chi connectivity index (χ3n) is 3.74. The van der Waals surface area contributed by atoms with Crippen molar-refractivity contribution in [3.8, 4) is 5.69 Å². The molecule has 0 aliphatic heterocycles. The first-order valence-corrected chi connectivity index (χ1v) is 8.88. The third-order valence-corrected chi connectivity index (χ3v) is 3.74. The first-order valence-electron chi connectivity index (χ1n) is 8.88. The van der Waals surface area contributed by atoms with Crippen LogP contribution in [-0.2, 0) is 16.6 Å². The van der Waals surface area contributed by atoms with Crippen LogP contribution in [0.1, 0.15) is 52.8 Å². The summed E-state index contributed by atoms with van der Waals surface area (Å²) in [4.78, 5) is 11.7. The summed E-state index contributed by atoms with van der Waals surface area (Å²) in [5.74, 6) is 0.610. The van der Waals surface area contributed by atoms with Crippen LogP contribution in [0.4, 0.5) is 10.6 Å². The molecule has 0 saturated heterocycles. The summed E-state index contributed by atoms with van der Waals surface area (Å²) in [6.07, 6.45) is 0.292. The minimum absolute atomic E-state index is 0.0612. The van der Waals surface area contributed by atoms with Crippen LogP contribution in [0.2, 0.25) is 0 Å². The highest BCUT2D eigenvalue weighted by atomic mass is 16.6. The van der Waals surface area contributed by atoms with Gasteiger partial charge in [0.1, 0.15) is 11.4 Å². The Hall–Kier alpha value is -2.50. The van der Waals surface area contributed by atoms with Gasteiger partial charge in [0.05, 0.1) is 11.4 Å². The number of nitrogen functional groups attached to an aromatic ring is 1. The molecule has 142 valence electrons. The molecule has 0 unspecified atom stereocenters. The van der Waals surface area contributed by atoms with Crippen molar-refractivity contribution >= 4 is 11.9 Å². The predicted molar refractivity (Wildman–Crippen MR) is 105 cm³/mol. The molecule has 26 heavy (non-hydrogen) atoms. The van der Waals surface area contributed by atoms with Gasteiger partial charge in [-0.2, -0.15) is 5.10 Å². The van der Waals surface area contributed by atoms with Crippen LogP contribution in [0, 0.1) is 0 Å². The zero-order chi connectivity index (χ0) is 19.5. The van der Waals surface area contributed by atoms with Crippen LogP contribution < -0.4 is 11.1 Å². The monoisotopic (exact) mass is 358 g/mol. The van der Waals surface area contributed by atoms with Crippen LogP contribution in [-0.4, -0.2) is 28.0 Å². The fourth-order valence-electron chi connectivity index (χ4n) is 2.44. The number of nitrogens with zero attached hydrogens (tertiary/aromatic N) is 2. The molecule has 0 saturated carbocycles. The van der Waals surface area contributed by atoms with Crippen molar-refractivity contribution in [1.82, 2.24) is 15.1 Å². The van der Waals surface area contributed by atoms with Gasteiger partial charge in [-0.25, -0.2) is 9.48 Å². The Morgan fingerprint density at radius 2 is 1.88 bits per heavy atom. The highest BCUT2D eigenvalue weighted by Gasteiger charge is 2.19. The highest BCUT2D eigenvalue weighted by Crippen LogP contribution is 2.25. The third kappa shape index (κ3) is 5.51. The second-order valence-corrected chi connectivity index (χ2v) is 8.46. The largest absolute Gasteiger partial charge is 0.444 e. The normalized spacial score (nSPS) is 12.1. The number of rotatable bonds is 4. The second-order valence-electron chi connectivity index (χ2n) is 8.46.